The van der Waals surface area contributed by atoms with E-state index in [1.165, 1.54) is 18.4 Å². The Labute approximate surface area is 90.5 Å². The van der Waals surface area contributed by atoms with Gasteiger partial charge in [-0.15, -0.1) is 0 Å². The highest BCUT2D eigenvalue weighted by Crippen LogP contribution is 2.44. The molecule has 1 saturated carbocycles. The summed E-state index contributed by atoms with van der Waals surface area (Å²) in [6, 6.07) is 8.45. The van der Waals surface area contributed by atoms with Gasteiger partial charge in [0.2, 0.25) is 0 Å². The van der Waals surface area contributed by atoms with Crippen LogP contribution in [0.25, 0.3) is 0 Å². The zero-order valence-corrected chi connectivity index (χ0v) is 9.16. The van der Waals surface area contributed by atoms with E-state index in [4.69, 9.17) is 4.74 Å². The van der Waals surface area contributed by atoms with E-state index in [-0.39, 0.29) is 5.92 Å². The standard InChI is InChI=1S/C13H15NO/c1-9-3-6-13(15-2)11(7-9)12(8-14)10-4-5-10/h3,6-7,10,12H,4-5H2,1-2H3. The van der Waals surface area contributed by atoms with E-state index in [0.717, 1.165) is 11.3 Å². The molecule has 1 aliphatic carbocycles. The van der Waals surface area contributed by atoms with Gasteiger partial charge >= 0.3 is 0 Å². The Kier molecular flexibility index (Phi) is 2.64. The van der Waals surface area contributed by atoms with Crippen LogP contribution in [0.3, 0.4) is 0 Å². The zero-order valence-electron chi connectivity index (χ0n) is 9.16. The highest BCUT2D eigenvalue weighted by molar-refractivity contribution is 5.42. The number of methoxy groups -OCH3 is 1. The van der Waals surface area contributed by atoms with Gasteiger partial charge in [-0.3, -0.25) is 0 Å². The molecule has 1 aromatic carbocycles. The van der Waals surface area contributed by atoms with Gasteiger partial charge < -0.3 is 4.74 Å². The van der Waals surface area contributed by atoms with E-state index in [9.17, 15) is 5.26 Å². The van der Waals surface area contributed by atoms with Gasteiger partial charge in [0.15, 0.2) is 0 Å². The second-order valence-corrected chi connectivity index (χ2v) is 4.19. The molecule has 2 nitrogen and oxygen atoms in total. The Hall–Kier alpha value is -1.49. The van der Waals surface area contributed by atoms with Gasteiger partial charge in [0.25, 0.3) is 0 Å². The van der Waals surface area contributed by atoms with Crippen LogP contribution >= 0.6 is 0 Å². The van der Waals surface area contributed by atoms with Crippen LogP contribution in [0.5, 0.6) is 5.75 Å². The molecule has 2 rings (SSSR count). The Balaban J connectivity index is 2.39. The highest BCUT2D eigenvalue weighted by atomic mass is 16.5. The van der Waals surface area contributed by atoms with E-state index < -0.39 is 0 Å². The first-order valence-electron chi connectivity index (χ1n) is 5.30. The third kappa shape index (κ3) is 1.97. The van der Waals surface area contributed by atoms with Crippen molar-refractivity contribution in [3.63, 3.8) is 0 Å². The normalized spacial score (nSPS) is 16.9. The lowest BCUT2D eigenvalue weighted by Crippen LogP contribution is -2.01. The molecular weight excluding hydrogens is 186 g/mol. The molecule has 1 aliphatic rings. The Morgan fingerprint density at radius 1 is 1.47 bits per heavy atom. The topological polar surface area (TPSA) is 33.0 Å². The van der Waals surface area contributed by atoms with Crippen molar-refractivity contribution < 1.29 is 4.74 Å². The number of nitrogens with zero attached hydrogens (tertiary/aromatic N) is 1. The molecule has 1 atom stereocenters. The highest BCUT2D eigenvalue weighted by Gasteiger charge is 2.33. The number of hydrogen-bond donors (Lipinski definition) is 0. The molecule has 2 heteroatoms. The molecule has 0 radical (unpaired) electrons. The van der Waals surface area contributed by atoms with Gasteiger partial charge in [-0.05, 0) is 31.7 Å². The maximum atomic E-state index is 9.20. The number of nitriles is 1. The van der Waals surface area contributed by atoms with Crippen LogP contribution < -0.4 is 4.74 Å². The Morgan fingerprint density at radius 2 is 2.20 bits per heavy atom. The molecule has 0 heterocycles. The SMILES string of the molecule is COc1ccc(C)cc1C(C#N)C1CC1. The summed E-state index contributed by atoms with van der Waals surface area (Å²) in [5, 5.41) is 9.20. The van der Waals surface area contributed by atoms with Crippen molar-refractivity contribution in [3.05, 3.63) is 29.3 Å². The van der Waals surface area contributed by atoms with E-state index in [0.29, 0.717) is 5.92 Å². The minimum atomic E-state index is 0.0137. The molecule has 1 aromatic rings. The smallest absolute Gasteiger partial charge is 0.123 e. The summed E-state index contributed by atoms with van der Waals surface area (Å²) in [7, 11) is 1.66. The van der Waals surface area contributed by atoms with Gasteiger partial charge in [-0.25, -0.2) is 0 Å². The molecule has 0 saturated heterocycles. The molecule has 15 heavy (non-hydrogen) atoms. The third-order valence-electron chi connectivity index (χ3n) is 2.95. The van der Waals surface area contributed by atoms with Crippen molar-refractivity contribution in [2.24, 2.45) is 5.92 Å². The quantitative estimate of drug-likeness (QED) is 0.753. The molecule has 1 unspecified atom stereocenters. The molecule has 0 spiro atoms. The lowest BCUT2D eigenvalue weighted by Gasteiger charge is -2.13. The lowest BCUT2D eigenvalue weighted by atomic mass is 9.93. The Morgan fingerprint density at radius 3 is 2.73 bits per heavy atom. The first-order valence-corrected chi connectivity index (χ1v) is 5.30. The van der Waals surface area contributed by atoms with E-state index in [2.05, 4.69) is 12.1 Å². The van der Waals surface area contributed by atoms with Crippen molar-refractivity contribution in [1.82, 2.24) is 0 Å². The average molecular weight is 201 g/mol. The number of hydrogen-bond acceptors (Lipinski definition) is 2. The molecule has 78 valence electrons. The lowest BCUT2D eigenvalue weighted by molar-refractivity contribution is 0.406. The molecular formula is C13H15NO. The molecule has 0 aliphatic heterocycles. The fraction of sp³-hybridized carbons (Fsp3) is 0.462. The number of ether oxygens (including phenoxy) is 1. The zero-order chi connectivity index (χ0) is 10.8. The van der Waals surface area contributed by atoms with Crippen molar-refractivity contribution in [3.8, 4) is 11.8 Å². The van der Waals surface area contributed by atoms with Crippen molar-refractivity contribution in [2.75, 3.05) is 7.11 Å². The third-order valence-corrected chi connectivity index (χ3v) is 2.95. The van der Waals surface area contributed by atoms with Gasteiger partial charge in [0, 0.05) is 5.56 Å². The van der Waals surface area contributed by atoms with Gasteiger partial charge in [-0.2, -0.15) is 5.26 Å². The summed E-state index contributed by atoms with van der Waals surface area (Å²) in [6.45, 7) is 2.05. The minimum absolute atomic E-state index is 0.0137. The predicted octanol–water partition coefficient (Wildman–Crippen LogP) is 3.02. The monoisotopic (exact) mass is 201 g/mol. The van der Waals surface area contributed by atoms with Crippen LogP contribution in [0.1, 0.15) is 29.9 Å². The first kappa shape index (κ1) is 10.0. The fourth-order valence-corrected chi connectivity index (χ4v) is 1.96. The molecule has 1 fully saturated rings. The summed E-state index contributed by atoms with van der Waals surface area (Å²) < 4.78 is 5.31. The summed E-state index contributed by atoms with van der Waals surface area (Å²) in [5.74, 6) is 1.41. The second kappa shape index (κ2) is 3.94. The second-order valence-electron chi connectivity index (χ2n) is 4.19. The van der Waals surface area contributed by atoms with E-state index >= 15 is 0 Å². The number of rotatable bonds is 3. The molecule has 0 bridgehead atoms. The summed E-state index contributed by atoms with van der Waals surface area (Å²) in [4.78, 5) is 0. The van der Waals surface area contributed by atoms with Gasteiger partial charge in [0.05, 0.1) is 19.1 Å². The van der Waals surface area contributed by atoms with E-state index in [1.54, 1.807) is 7.11 Å². The van der Waals surface area contributed by atoms with Crippen LogP contribution in [0, 0.1) is 24.2 Å². The summed E-state index contributed by atoms with van der Waals surface area (Å²) in [6.07, 6.45) is 2.35. The van der Waals surface area contributed by atoms with Crippen LogP contribution in [0.15, 0.2) is 18.2 Å². The largest absolute Gasteiger partial charge is 0.496 e. The van der Waals surface area contributed by atoms with Gasteiger partial charge in [0.1, 0.15) is 5.75 Å². The maximum Gasteiger partial charge on any atom is 0.123 e. The van der Waals surface area contributed by atoms with E-state index in [1.807, 2.05) is 19.1 Å². The Bertz CT molecular complexity index is 401. The fourth-order valence-electron chi connectivity index (χ4n) is 1.96. The summed E-state index contributed by atoms with van der Waals surface area (Å²) >= 11 is 0. The molecule has 0 N–H and O–H groups in total. The minimum Gasteiger partial charge on any atom is -0.496 e. The predicted molar refractivity (Wildman–Crippen MR) is 58.8 cm³/mol. The van der Waals surface area contributed by atoms with Crippen molar-refractivity contribution in [2.45, 2.75) is 25.7 Å². The van der Waals surface area contributed by atoms with Crippen molar-refractivity contribution in [1.29, 1.82) is 5.26 Å². The van der Waals surface area contributed by atoms with Crippen LogP contribution in [-0.2, 0) is 0 Å². The number of benzene rings is 1. The van der Waals surface area contributed by atoms with Gasteiger partial charge in [-0.1, -0.05) is 17.7 Å². The number of aryl methyl sites for hydroxylation is 1. The van der Waals surface area contributed by atoms with Crippen LogP contribution in [-0.4, -0.2) is 7.11 Å². The molecule has 0 amide bonds. The van der Waals surface area contributed by atoms with Crippen molar-refractivity contribution >= 4 is 0 Å². The van der Waals surface area contributed by atoms with Crippen LogP contribution in [0.4, 0.5) is 0 Å². The first-order chi connectivity index (χ1) is 7.26. The van der Waals surface area contributed by atoms with Crippen LogP contribution in [0.2, 0.25) is 0 Å². The average Bonchev–Trinajstić information content (AvgIpc) is 3.04. The summed E-state index contributed by atoms with van der Waals surface area (Å²) in [5.41, 5.74) is 2.24. The maximum absolute atomic E-state index is 9.20. The molecule has 0 aromatic heterocycles.